The number of aliphatic hydroxyl groups is 1. The summed E-state index contributed by atoms with van der Waals surface area (Å²) in [6, 6.07) is 0. The number of halogens is 1. The van der Waals surface area contributed by atoms with E-state index in [4.69, 9.17) is 17.3 Å². The van der Waals surface area contributed by atoms with Crippen molar-refractivity contribution in [2.45, 2.75) is 53.4 Å². The van der Waals surface area contributed by atoms with Crippen molar-refractivity contribution in [2.75, 3.05) is 44.5 Å². The monoisotopic (exact) mass is 558 g/mol. The van der Waals surface area contributed by atoms with Crippen molar-refractivity contribution in [3.05, 3.63) is 0 Å². The molecule has 29 heavy (non-hydrogen) atoms. The van der Waals surface area contributed by atoms with Crippen molar-refractivity contribution in [3.8, 4) is 0 Å². The minimum atomic E-state index is 0.751. The third-order valence-corrected chi connectivity index (χ3v) is 4.88. The van der Waals surface area contributed by atoms with Crippen LogP contribution in [-0.4, -0.2) is 81.3 Å². The zero-order valence-corrected chi connectivity index (χ0v) is 22.8. The summed E-state index contributed by atoms with van der Waals surface area (Å²) in [5.41, 5.74) is 2.54. The zero-order chi connectivity index (χ0) is 22.7. The van der Waals surface area contributed by atoms with Crippen molar-refractivity contribution in [2.24, 2.45) is 15.2 Å². The molecule has 0 aromatic heterocycles. The summed E-state index contributed by atoms with van der Waals surface area (Å²) >= 11 is 8.94. The highest BCUT2D eigenvalue weighted by Crippen LogP contribution is 2.14. The molecule has 10 heteroatoms. The average Bonchev–Trinajstić information content (AvgIpc) is 3.45. The molecule has 2 heterocycles. The molecule has 0 saturated carbocycles. The number of aliphatic imine (C=N–C) groups is 1. The Morgan fingerprint density at radius 1 is 1.07 bits per heavy atom. The summed E-state index contributed by atoms with van der Waals surface area (Å²) in [6.07, 6.45) is 6.30. The molecule has 0 aliphatic carbocycles. The van der Waals surface area contributed by atoms with E-state index in [1.807, 2.05) is 28.1 Å². The van der Waals surface area contributed by atoms with Crippen molar-refractivity contribution in [3.63, 3.8) is 0 Å². The first-order valence-electron chi connectivity index (χ1n) is 9.95. The molecule has 2 rings (SSSR count). The third kappa shape index (κ3) is 12.7. The summed E-state index contributed by atoms with van der Waals surface area (Å²) in [4.78, 5) is 6.36. The Hall–Kier alpha value is -0.460. The first-order chi connectivity index (χ1) is 14.1. The molecule has 170 valence electrons. The average molecular weight is 559 g/mol. The second-order valence-corrected chi connectivity index (χ2v) is 6.74. The molecule has 2 N–H and O–H groups in total. The number of hydrazone groups is 2. The largest absolute Gasteiger partial charge is 0.400 e. The molecular formula is C19H39IN6OS2. The van der Waals surface area contributed by atoms with Gasteiger partial charge in [0.1, 0.15) is 0 Å². The van der Waals surface area contributed by atoms with Gasteiger partial charge < -0.3 is 10.4 Å². The molecule has 0 radical (unpaired) electrons. The fourth-order valence-corrected chi connectivity index (χ4v) is 3.30. The lowest BCUT2D eigenvalue weighted by molar-refractivity contribution is 0.399. The maximum Gasteiger partial charge on any atom is 0.189 e. The van der Waals surface area contributed by atoms with E-state index in [0.29, 0.717) is 0 Å². The molecular weight excluding hydrogens is 519 g/mol. The summed E-state index contributed by atoms with van der Waals surface area (Å²) in [7, 11) is 1.00. The first kappa shape index (κ1) is 30.7. The van der Waals surface area contributed by atoms with Gasteiger partial charge in [0.15, 0.2) is 10.3 Å². The number of nitrogens with one attached hydrogen (secondary N) is 1. The number of nitrogens with zero attached hydrogens (tertiary/aromatic N) is 5. The molecule has 0 saturated heterocycles. The molecule has 0 bridgehead atoms. The van der Waals surface area contributed by atoms with Gasteiger partial charge in [0, 0.05) is 57.6 Å². The lowest BCUT2D eigenvalue weighted by atomic mass is 10.2. The standard InChI is InChI=1S/C9H17N3S.C8H15N3S.CH3I.CH4O/c1-4-8-6-7-12(11-8)9(13-3)10-5-2;1-3-7-5-6-11(10-7)8(12)9-4-2;2*1-2/h4-7H2,1-3H3;3-6H2,1-2H3,(H,9,12);1H3;2H,1H3. The number of thiocarbonyl (C=S) groups is 1. The van der Waals surface area contributed by atoms with E-state index in [2.05, 4.69) is 63.9 Å². The van der Waals surface area contributed by atoms with Crippen LogP contribution < -0.4 is 5.32 Å². The van der Waals surface area contributed by atoms with E-state index in [-0.39, 0.29) is 0 Å². The van der Waals surface area contributed by atoms with Crippen LogP contribution in [0.25, 0.3) is 0 Å². The second kappa shape index (κ2) is 20.8. The van der Waals surface area contributed by atoms with E-state index in [1.54, 1.807) is 11.8 Å². The Bertz CT molecular complexity index is 529. The predicted molar refractivity (Wildman–Crippen MR) is 144 cm³/mol. The van der Waals surface area contributed by atoms with Crippen molar-refractivity contribution >= 4 is 68.3 Å². The Morgan fingerprint density at radius 3 is 1.93 bits per heavy atom. The summed E-state index contributed by atoms with van der Waals surface area (Å²) in [5.74, 6) is 0. The van der Waals surface area contributed by atoms with Gasteiger partial charge in [0.25, 0.3) is 0 Å². The number of aliphatic hydroxyl groups excluding tert-OH is 1. The van der Waals surface area contributed by atoms with Crippen LogP contribution in [0.4, 0.5) is 0 Å². The van der Waals surface area contributed by atoms with Gasteiger partial charge in [0.05, 0.1) is 0 Å². The normalized spacial score (nSPS) is 15.1. The van der Waals surface area contributed by atoms with E-state index in [1.165, 1.54) is 11.4 Å². The molecule has 0 unspecified atom stereocenters. The number of rotatable bonds is 4. The highest BCUT2D eigenvalue weighted by atomic mass is 127. The molecule has 0 aromatic carbocycles. The highest BCUT2D eigenvalue weighted by Gasteiger charge is 2.17. The van der Waals surface area contributed by atoms with Crippen LogP contribution >= 0.6 is 46.6 Å². The Kier molecular flexibility index (Phi) is 22.0. The minimum Gasteiger partial charge on any atom is -0.400 e. The van der Waals surface area contributed by atoms with Gasteiger partial charge in [-0.2, -0.15) is 10.2 Å². The molecule has 0 spiro atoms. The molecule has 7 nitrogen and oxygen atoms in total. The maximum absolute atomic E-state index is 7.00. The van der Waals surface area contributed by atoms with Crippen LogP contribution in [0.5, 0.6) is 0 Å². The number of alkyl halides is 1. The summed E-state index contributed by atoms with van der Waals surface area (Å²) < 4.78 is 0. The van der Waals surface area contributed by atoms with Crippen LogP contribution in [0.15, 0.2) is 15.2 Å². The summed E-state index contributed by atoms with van der Waals surface area (Å²) in [6.45, 7) is 12.0. The Balaban J connectivity index is 0. The SMILES string of the molecule is CCN=C(SC)N1CCC(CC)=N1.CCNC(=S)N1CCC(CC)=N1.CI.CO. The highest BCUT2D eigenvalue weighted by molar-refractivity contribution is 14.1. The van der Waals surface area contributed by atoms with Gasteiger partial charge in [0.2, 0.25) is 0 Å². The van der Waals surface area contributed by atoms with Crippen LogP contribution in [-0.2, 0) is 0 Å². The van der Waals surface area contributed by atoms with Gasteiger partial charge in [-0.05, 0) is 50.1 Å². The molecule has 0 aromatic rings. The van der Waals surface area contributed by atoms with Crippen LogP contribution in [0, 0.1) is 0 Å². The van der Waals surface area contributed by atoms with Gasteiger partial charge in [-0.15, -0.1) is 0 Å². The molecule has 0 amide bonds. The van der Waals surface area contributed by atoms with Gasteiger partial charge in [-0.1, -0.05) is 48.2 Å². The van der Waals surface area contributed by atoms with Crippen LogP contribution in [0.3, 0.4) is 0 Å². The topological polar surface area (TPSA) is 75.8 Å². The predicted octanol–water partition coefficient (Wildman–Crippen LogP) is 4.21. The molecule has 2 aliphatic rings. The number of hydrogen-bond donors (Lipinski definition) is 2. The minimum absolute atomic E-state index is 0.751. The number of hydrogen-bond acceptors (Lipinski definition) is 6. The Labute approximate surface area is 201 Å². The molecule has 0 fully saturated rings. The lowest BCUT2D eigenvalue weighted by Crippen LogP contribution is -2.34. The van der Waals surface area contributed by atoms with E-state index in [0.717, 1.165) is 69.3 Å². The van der Waals surface area contributed by atoms with E-state index < -0.39 is 0 Å². The lowest BCUT2D eigenvalue weighted by Gasteiger charge is -2.14. The van der Waals surface area contributed by atoms with Gasteiger partial charge >= 0.3 is 0 Å². The van der Waals surface area contributed by atoms with E-state index in [9.17, 15) is 0 Å². The van der Waals surface area contributed by atoms with Crippen molar-refractivity contribution < 1.29 is 5.11 Å². The quantitative estimate of drug-likeness (QED) is 0.177. The zero-order valence-electron chi connectivity index (χ0n) is 19.0. The van der Waals surface area contributed by atoms with E-state index >= 15 is 0 Å². The smallest absolute Gasteiger partial charge is 0.189 e. The third-order valence-electron chi connectivity index (χ3n) is 3.82. The van der Waals surface area contributed by atoms with Crippen LogP contribution in [0.1, 0.15) is 53.4 Å². The molecule has 0 atom stereocenters. The second-order valence-electron chi connectivity index (χ2n) is 5.58. The molecule has 2 aliphatic heterocycles. The van der Waals surface area contributed by atoms with Gasteiger partial charge in [-0.3, -0.25) is 4.99 Å². The summed E-state index contributed by atoms with van der Waals surface area (Å²) in [5, 5.41) is 24.6. The van der Waals surface area contributed by atoms with Gasteiger partial charge in [-0.25, -0.2) is 10.0 Å². The maximum atomic E-state index is 7.00. The fourth-order valence-electron chi connectivity index (χ4n) is 2.42. The Morgan fingerprint density at radius 2 is 1.55 bits per heavy atom. The first-order valence-corrected chi connectivity index (χ1v) is 13.7. The van der Waals surface area contributed by atoms with Crippen molar-refractivity contribution in [1.29, 1.82) is 0 Å². The number of amidine groups is 1. The number of thioether (sulfide) groups is 1. The van der Waals surface area contributed by atoms with Crippen LogP contribution in [0.2, 0.25) is 0 Å². The van der Waals surface area contributed by atoms with Crippen molar-refractivity contribution in [1.82, 2.24) is 15.3 Å². The fraction of sp³-hybridized carbons (Fsp3) is 0.789.